The molecule has 0 bridgehead atoms. The number of thiazole rings is 1. The Labute approximate surface area is 320 Å². The molecule has 53 heavy (non-hydrogen) atoms. The normalized spacial score (nSPS) is 10.5. The van der Waals surface area contributed by atoms with E-state index in [1.807, 2.05) is 5.38 Å². The topological polar surface area (TPSA) is 189 Å². The number of hydrogen-bond acceptors (Lipinski definition) is 10. The zero-order valence-corrected chi connectivity index (χ0v) is 30.3. The van der Waals surface area contributed by atoms with Gasteiger partial charge in [-0.1, -0.05) is 84.0 Å². The second-order valence-electron chi connectivity index (χ2n) is 10.9. The van der Waals surface area contributed by atoms with Gasteiger partial charge in [-0.3, -0.25) is 20.2 Å². The third-order valence-electron chi connectivity index (χ3n) is 7.70. The number of benzene rings is 5. The number of thiocarbonyl (C=S) groups is 1. The number of nitrogens with two attached hydrogens (primary N) is 1. The first kappa shape index (κ1) is 38.2. The van der Waals surface area contributed by atoms with Gasteiger partial charge in [-0.15, -0.1) is 11.3 Å². The average molecular weight is 788 g/mol. The van der Waals surface area contributed by atoms with Crippen LogP contribution in [-0.4, -0.2) is 44.0 Å². The molecule has 0 saturated heterocycles. The number of esters is 1. The van der Waals surface area contributed by atoms with Gasteiger partial charge in [0.05, 0.1) is 49.9 Å². The highest BCUT2D eigenvalue weighted by molar-refractivity contribution is 7.80. The summed E-state index contributed by atoms with van der Waals surface area (Å²) in [5, 5.41) is 35.7. The molecule has 3 N–H and O–H groups in total. The lowest BCUT2D eigenvalue weighted by Gasteiger charge is -2.10. The van der Waals surface area contributed by atoms with E-state index in [-0.39, 0.29) is 38.6 Å². The quantitative estimate of drug-likeness (QED) is 0.0614. The van der Waals surface area contributed by atoms with Gasteiger partial charge in [-0.2, -0.15) is 0 Å². The number of nitrogens with zero attached hydrogens (tertiary/aromatic N) is 3. The predicted molar refractivity (Wildman–Crippen MR) is 208 cm³/mol. The van der Waals surface area contributed by atoms with Crippen molar-refractivity contribution in [3.05, 3.63) is 155 Å². The molecular formula is C37H24Cl2N4O8S2. The first-order chi connectivity index (χ1) is 25.3. The molecule has 12 nitrogen and oxygen atoms in total. The summed E-state index contributed by atoms with van der Waals surface area (Å²) >= 11 is 18.4. The van der Waals surface area contributed by atoms with Gasteiger partial charge in [0.15, 0.2) is 0 Å². The molecule has 0 unspecified atom stereocenters. The van der Waals surface area contributed by atoms with Gasteiger partial charge in [0.1, 0.15) is 10.00 Å². The number of nitro benzene ring substituents is 2. The van der Waals surface area contributed by atoms with Gasteiger partial charge in [0, 0.05) is 50.4 Å². The van der Waals surface area contributed by atoms with Crippen molar-refractivity contribution in [3.8, 4) is 44.1 Å². The average Bonchev–Trinajstić information content (AvgIpc) is 3.64. The molecule has 0 radical (unpaired) electrons. The van der Waals surface area contributed by atoms with Gasteiger partial charge in [-0.25, -0.2) is 14.6 Å². The third-order valence-corrected chi connectivity index (χ3v) is 9.37. The maximum Gasteiger partial charge on any atom is 0.338 e. The van der Waals surface area contributed by atoms with Gasteiger partial charge in [-0.05, 0) is 42.5 Å². The minimum absolute atomic E-state index is 0.0481. The molecule has 6 aromatic rings. The summed E-state index contributed by atoms with van der Waals surface area (Å²) in [7, 11) is 1.24. The van der Waals surface area contributed by atoms with Crippen LogP contribution in [0.3, 0.4) is 0 Å². The molecule has 266 valence electrons. The number of methoxy groups -OCH3 is 1. The number of nitro groups is 2. The number of aromatic nitrogens is 1. The molecule has 5 aromatic carbocycles. The summed E-state index contributed by atoms with van der Waals surface area (Å²) in [5.41, 5.74) is 9.06. The first-order valence-corrected chi connectivity index (χ1v) is 17.1. The van der Waals surface area contributed by atoms with E-state index in [1.54, 1.807) is 66.7 Å². The van der Waals surface area contributed by atoms with Crippen molar-refractivity contribution >= 4 is 75.1 Å². The third kappa shape index (κ3) is 8.54. The van der Waals surface area contributed by atoms with Gasteiger partial charge in [0.2, 0.25) is 0 Å². The molecular weight excluding hydrogens is 763 g/mol. The van der Waals surface area contributed by atoms with E-state index in [9.17, 15) is 34.9 Å². The number of hydrogen-bond donors (Lipinski definition) is 2. The predicted octanol–water partition coefficient (Wildman–Crippen LogP) is 9.74. The fraction of sp³-hybridized carbons (Fsp3) is 0.0270. The Hall–Kier alpha value is -6.06. The second kappa shape index (κ2) is 16.5. The first-order valence-electron chi connectivity index (χ1n) is 15.1. The van der Waals surface area contributed by atoms with Crippen LogP contribution in [0.25, 0.3) is 44.1 Å². The van der Waals surface area contributed by atoms with Crippen molar-refractivity contribution < 1.29 is 29.3 Å². The SMILES string of the molecule is COC(=O)c1cc(C(N)=S)ccc1-c1ccccc1[N+](=O)[O-].O=C(O)c1cc(-c2nc(-c3ccc(Cl)cc3Cl)cs2)ccc1-c1ccccc1[N+](=O)[O-]. The maximum absolute atomic E-state index is 12.0. The number of ether oxygens (including phenoxy) is 1. The monoisotopic (exact) mass is 786 g/mol. The lowest BCUT2D eigenvalue weighted by molar-refractivity contribution is -0.384. The van der Waals surface area contributed by atoms with Crippen LogP contribution < -0.4 is 5.73 Å². The van der Waals surface area contributed by atoms with E-state index in [0.717, 1.165) is 0 Å². The molecule has 1 heterocycles. The number of aromatic carboxylic acids is 1. The molecule has 0 amide bonds. The Kier molecular flexibility index (Phi) is 11.9. The maximum atomic E-state index is 12.0. The number of halogens is 2. The zero-order valence-electron chi connectivity index (χ0n) is 27.2. The van der Waals surface area contributed by atoms with E-state index in [4.69, 9.17) is 45.9 Å². The number of rotatable bonds is 9. The van der Waals surface area contributed by atoms with Crippen molar-refractivity contribution in [1.82, 2.24) is 4.98 Å². The summed E-state index contributed by atoms with van der Waals surface area (Å²) in [5.74, 6) is -1.81. The smallest absolute Gasteiger partial charge is 0.338 e. The van der Waals surface area contributed by atoms with E-state index in [1.165, 1.54) is 54.8 Å². The summed E-state index contributed by atoms with van der Waals surface area (Å²) < 4.78 is 4.74. The number of carboxylic acid groups (broad SMARTS) is 1. The lowest BCUT2D eigenvalue weighted by atomic mass is 9.96. The summed E-state index contributed by atoms with van der Waals surface area (Å²) in [6, 6.07) is 26.7. The zero-order chi connectivity index (χ0) is 38.4. The molecule has 0 aliphatic carbocycles. The Morgan fingerprint density at radius 3 is 1.91 bits per heavy atom. The molecule has 16 heteroatoms. The number of para-hydroxylation sites is 2. The minimum Gasteiger partial charge on any atom is -0.478 e. The van der Waals surface area contributed by atoms with Crippen molar-refractivity contribution in [3.63, 3.8) is 0 Å². The summed E-state index contributed by atoms with van der Waals surface area (Å²) in [4.78, 5) is 50.2. The van der Waals surface area contributed by atoms with Crippen LogP contribution >= 0.6 is 46.8 Å². The van der Waals surface area contributed by atoms with Crippen LogP contribution in [0.15, 0.2) is 109 Å². The van der Waals surface area contributed by atoms with Crippen LogP contribution in [-0.2, 0) is 4.74 Å². The minimum atomic E-state index is -1.19. The fourth-order valence-corrected chi connectivity index (χ4v) is 6.70. The number of carbonyl (C=O) groups excluding carboxylic acids is 1. The van der Waals surface area contributed by atoms with Crippen LogP contribution in [0.4, 0.5) is 11.4 Å². The van der Waals surface area contributed by atoms with Crippen LogP contribution in [0.5, 0.6) is 0 Å². The molecule has 0 fully saturated rings. The molecule has 6 rings (SSSR count). The molecule has 0 aliphatic heterocycles. The summed E-state index contributed by atoms with van der Waals surface area (Å²) in [6.45, 7) is 0. The van der Waals surface area contributed by atoms with Crippen molar-refractivity contribution in [2.75, 3.05) is 7.11 Å². The number of carbonyl (C=O) groups is 2. The second-order valence-corrected chi connectivity index (χ2v) is 13.0. The highest BCUT2D eigenvalue weighted by Crippen LogP contribution is 2.38. The van der Waals surface area contributed by atoms with Gasteiger partial charge in [0.25, 0.3) is 11.4 Å². The lowest BCUT2D eigenvalue weighted by Crippen LogP contribution is -2.12. The van der Waals surface area contributed by atoms with E-state index in [2.05, 4.69) is 4.98 Å². The van der Waals surface area contributed by atoms with Crippen molar-refractivity contribution in [2.45, 2.75) is 0 Å². The Morgan fingerprint density at radius 1 is 0.792 bits per heavy atom. The highest BCUT2D eigenvalue weighted by atomic mass is 35.5. The molecule has 0 saturated carbocycles. The summed E-state index contributed by atoms with van der Waals surface area (Å²) in [6.07, 6.45) is 0. The number of carboxylic acids is 1. The fourth-order valence-electron chi connectivity index (χ4n) is 5.25. The molecule has 0 aliphatic rings. The largest absolute Gasteiger partial charge is 0.478 e. The Balaban J connectivity index is 0.000000217. The van der Waals surface area contributed by atoms with Crippen LogP contribution in [0.1, 0.15) is 26.3 Å². The van der Waals surface area contributed by atoms with E-state index >= 15 is 0 Å². The molecule has 0 atom stereocenters. The Bertz CT molecular complexity index is 2440. The van der Waals surface area contributed by atoms with Crippen molar-refractivity contribution in [2.24, 2.45) is 5.73 Å². The van der Waals surface area contributed by atoms with E-state index in [0.29, 0.717) is 48.6 Å². The van der Waals surface area contributed by atoms with E-state index < -0.39 is 21.8 Å². The van der Waals surface area contributed by atoms with Crippen LogP contribution in [0.2, 0.25) is 10.0 Å². The standard InChI is InChI=1S/C22H12Cl2N2O4S.C15H12N2O4S/c23-13-6-8-16(18(24)10-13)19-11-31-21(25-19)12-5-7-14(17(9-12)22(27)28)15-3-1-2-4-20(15)26(29)30;1-21-15(18)12-8-9(14(16)22)6-7-10(12)11-4-2-3-5-13(11)17(19)20/h1-11H,(H,27,28);2-8H,1H3,(H2,16,22). The van der Waals surface area contributed by atoms with Crippen molar-refractivity contribution in [1.29, 1.82) is 0 Å². The van der Waals surface area contributed by atoms with Gasteiger partial charge >= 0.3 is 11.9 Å². The van der Waals surface area contributed by atoms with Gasteiger partial charge < -0.3 is 15.6 Å². The highest BCUT2D eigenvalue weighted by Gasteiger charge is 2.23. The molecule has 1 aromatic heterocycles. The Morgan fingerprint density at radius 2 is 1.36 bits per heavy atom. The molecule has 0 spiro atoms. The van der Waals surface area contributed by atoms with Crippen LogP contribution in [0, 0.1) is 20.2 Å².